The van der Waals surface area contributed by atoms with Crippen molar-refractivity contribution in [3.05, 3.63) is 11.4 Å². The van der Waals surface area contributed by atoms with Crippen molar-refractivity contribution in [2.75, 3.05) is 11.5 Å². The number of carbonyl (C=O) groups is 1. The molecule has 1 aliphatic rings. The quantitative estimate of drug-likeness (QED) is 0.741. The maximum absolute atomic E-state index is 12.9. The van der Waals surface area contributed by atoms with E-state index in [-0.39, 0.29) is 4.68 Å². The van der Waals surface area contributed by atoms with Crippen LogP contribution in [0.4, 0.5) is 13.2 Å². The first-order chi connectivity index (χ1) is 9.03. The van der Waals surface area contributed by atoms with Crippen molar-refractivity contribution in [3.63, 3.8) is 0 Å². The molecule has 112 valence electrons. The van der Waals surface area contributed by atoms with Crippen molar-refractivity contribution < 1.29 is 36.6 Å². The number of nitrogens with zero attached hydrogens (tertiary/aromatic N) is 3. The van der Waals surface area contributed by atoms with Gasteiger partial charge in [0.1, 0.15) is 0 Å². The molecule has 20 heavy (non-hydrogen) atoms. The second-order valence-electron chi connectivity index (χ2n) is 4.25. The number of carboxylic acid groups (broad SMARTS) is 1. The zero-order chi connectivity index (χ0) is 15.3. The predicted molar refractivity (Wildman–Crippen MR) is 55.7 cm³/mol. The Kier molecular flexibility index (Phi) is 3.25. The van der Waals surface area contributed by atoms with Gasteiger partial charge in [-0.15, -0.1) is 5.10 Å². The van der Waals surface area contributed by atoms with Crippen LogP contribution in [0.5, 0.6) is 0 Å². The second kappa shape index (κ2) is 4.41. The molecule has 1 fully saturated rings. The van der Waals surface area contributed by atoms with Crippen LogP contribution in [0.25, 0.3) is 0 Å². The first-order valence-electron chi connectivity index (χ1n) is 5.17. The lowest BCUT2D eigenvalue weighted by atomic mass is 10.2. The summed E-state index contributed by atoms with van der Waals surface area (Å²) in [5, 5.41) is 24.1. The Morgan fingerprint density at radius 3 is 2.35 bits per heavy atom. The molecule has 0 bridgehead atoms. The number of aliphatic hydroxyl groups is 1. The molecule has 0 amide bonds. The van der Waals surface area contributed by atoms with Crippen LogP contribution in [-0.2, 0) is 16.0 Å². The molecule has 0 radical (unpaired) electrons. The molecule has 2 atom stereocenters. The maximum Gasteiger partial charge on any atom is 0.435 e. The van der Waals surface area contributed by atoms with Gasteiger partial charge < -0.3 is 10.2 Å². The molecule has 2 rings (SSSR count). The van der Waals surface area contributed by atoms with Gasteiger partial charge in [0.15, 0.2) is 15.5 Å². The molecule has 1 saturated heterocycles. The molecule has 0 saturated carbocycles. The van der Waals surface area contributed by atoms with Gasteiger partial charge in [0.25, 0.3) is 0 Å². The SMILES string of the molecule is O=C(O)c1nnn(C2CS(=O)(=O)CC2O)c1C(F)(F)F. The number of alkyl halides is 3. The summed E-state index contributed by atoms with van der Waals surface area (Å²) in [4.78, 5) is 10.7. The summed E-state index contributed by atoms with van der Waals surface area (Å²) in [5.74, 6) is -3.42. The Hall–Kier alpha value is -1.69. The van der Waals surface area contributed by atoms with E-state index in [4.69, 9.17) is 5.11 Å². The lowest BCUT2D eigenvalue weighted by Gasteiger charge is -2.17. The molecule has 2 unspecified atom stereocenters. The van der Waals surface area contributed by atoms with E-state index in [1.165, 1.54) is 0 Å². The minimum absolute atomic E-state index is 0.124. The van der Waals surface area contributed by atoms with E-state index in [0.717, 1.165) is 0 Å². The highest BCUT2D eigenvalue weighted by molar-refractivity contribution is 7.91. The predicted octanol–water partition coefficient (Wildman–Crippen LogP) is -0.674. The summed E-state index contributed by atoms with van der Waals surface area (Å²) in [6, 6.07) is -1.52. The van der Waals surface area contributed by atoms with Gasteiger partial charge in [0, 0.05) is 0 Å². The van der Waals surface area contributed by atoms with Crippen LogP contribution in [0.3, 0.4) is 0 Å². The highest BCUT2D eigenvalue weighted by Crippen LogP contribution is 2.35. The minimum atomic E-state index is -5.09. The summed E-state index contributed by atoms with van der Waals surface area (Å²) in [6.07, 6.45) is -6.70. The van der Waals surface area contributed by atoms with Crippen LogP contribution in [0.15, 0.2) is 0 Å². The van der Waals surface area contributed by atoms with Crippen molar-refractivity contribution >= 4 is 15.8 Å². The molecule has 0 aliphatic carbocycles. The largest absolute Gasteiger partial charge is 0.476 e. The topological polar surface area (TPSA) is 122 Å². The Bertz CT molecular complexity index is 653. The third-order valence-corrected chi connectivity index (χ3v) is 4.47. The van der Waals surface area contributed by atoms with Gasteiger partial charge in [-0.05, 0) is 0 Å². The van der Waals surface area contributed by atoms with Crippen LogP contribution in [0.1, 0.15) is 22.2 Å². The summed E-state index contributed by atoms with van der Waals surface area (Å²) in [7, 11) is -3.72. The number of aromatic nitrogens is 3. The lowest BCUT2D eigenvalue weighted by Crippen LogP contribution is -2.28. The number of sulfone groups is 1. The Labute approximate surface area is 109 Å². The van der Waals surface area contributed by atoms with Gasteiger partial charge in [-0.2, -0.15) is 13.2 Å². The van der Waals surface area contributed by atoms with E-state index < -0.39 is 57.0 Å². The fourth-order valence-electron chi connectivity index (χ4n) is 1.98. The molecule has 0 aromatic carbocycles. The number of carboxylic acids is 1. The zero-order valence-electron chi connectivity index (χ0n) is 9.57. The highest BCUT2D eigenvalue weighted by Gasteiger charge is 2.47. The summed E-state index contributed by atoms with van der Waals surface area (Å²) in [5.41, 5.74) is -3.03. The van der Waals surface area contributed by atoms with Crippen LogP contribution in [-0.4, -0.2) is 57.2 Å². The van der Waals surface area contributed by atoms with Crippen molar-refractivity contribution in [2.45, 2.75) is 18.3 Å². The van der Waals surface area contributed by atoms with Gasteiger partial charge in [-0.3, -0.25) is 0 Å². The lowest BCUT2D eigenvalue weighted by molar-refractivity contribution is -0.146. The third-order valence-electron chi connectivity index (χ3n) is 2.77. The van der Waals surface area contributed by atoms with Gasteiger partial charge in [-0.1, -0.05) is 5.21 Å². The van der Waals surface area contributed by atoms with Crippen molar-refractivity contribution in [1.82, 2.24) is 15.0 Å². The van der Waals surface area contributed by atoms with E-state index in [1.807, 2.05) is 0 Å². The van der Waals surface area contributed by atoms with E-state index in [0.29, 0.717) is 0 Å². The molecule has 1 aromatic heterocycles. The summed E-state index contributed by atoms with van der Waals surface area (Å²) in [6.45, 7) is 0. The van der Waals surface area contributed by atoms with Crippen LogP contribution in [0, 0.1) is 0 Å². The van der Waals surface area contributed by atoms with Crippen molar-refractivity contribution in [1.29, 1.82) is 0 Å². The normalized spacial score (nSPS) is 25.8. The van der Waals surface area contributed by atoms with Crippen LogP contribution in [0.2, 0.25) is 0 Å². The zero-order valence-corrected chi connectivity index (χ0v) is 10.4. The molecule has 2 heterocycles. The molecule has 0 spiro atoms. The molecule has 8 nitrogen and oxygen atoms in total. The number of halogens is 3. The Balaban J connectivity index is 2.56. The molecule has 1 aliphatic heterocycles. The fourth-order valence-corrected chi connectivity index (χ4v) is 3.74. The molecule has 1 aromatic rings. The van der Waals surface area contributed by atoms with Gasteiger partial charge in [0.05, 0.1) is 23.7 Å². The molecule has 12 heteroatoms. The Morgan fingerprint density at radius 1 is 1.35 bits per heavy atom. The van der Waals surface area contributed by atoms with E-state index in [1.54, 1.807) is 0 Å². The monoisotopic (exact) mass is 315 g/mol. The van der Waals surface area contributed by atoms with E-state index in [2.05, 4.69) is 10.3 Å². The molecular weight excluding hydrogens is 307 g/mol. The maximum atomic E-state index is 12.9. The molecule has 2 N–H and O–H groups in total. The standard InChI is InChI=1S/C8H8F3N3O5S/c9-8(10,11)6-5(7(16)17)12-13-14(6)3-1-20(18,19)2-4(3)15/h3-4,15H,1-2H2,(H,16,17). The summed E-state index contributed by atoms with van der Waals surface area (Å²) < 4.78 is 61.4. The van der Waals surface area contributed by atoms with Gasteiger partial charge >= 0.3 is 12.1 Å². The highest BCUT2D eigenvalue weighted by atomic mass is 32.2. The number of aromatic carboxylic acids is 1. The number of aliphatic hydroxyl groups excluding tert-OH is 1. The smallest absolute Gasteiger partial charge is 0.435 e. The van der Waals surface area contributed by atoms with E-state index >= 15 is 0 Å². The van der Waals surface area contributed by atoms with Crippen LogP contribution >= 0.6 is 0 Å². The minimum Gasteiger partial charge on any atom is -0.476 e. The first kappa shape index (κ1) is 14.7. The number of hydrogen-bond acceptors (Lipinski definition) is 6. The Morgan fingerprint density at radius 2 is 1.95 bits per heavy atom. The number of hydrogen-bond donors (Lipinski definition) is 2. The first-order valence-corrected chi connectivity index (χ1v) is 6.99. The average Bonchev–Trinajstić information content (AvgIpc) is 2.77. The van der Waals surface area contributed by atoms with Crippen molar-refractivity contribution in [2.24, 2.45) is 0 Å². The van der Waals surface area contributed by atoms with Crippen LogP contribution < -0.4 is 0 Å². The third kappa shape index (κ3) is 2.47. The fraction of sp³-hybridized carbons (Fsp3) is 0.625. The summed E-state index contributed by atoms with van der Waals surface area (Å²) >= 11 is 0. The van der Waals surface area contributed by atoms with Crippen molar-refractivity contribution in [3.8, 4) is 0 Å². The van der Waals surface area contributed by atoms with Gasteiger partial charge in [0.2, 0.25) is 5.69 Å². The number of rotatable bonds is 2. The van der Waals surface area contributed by atoms with E-state index in [9.17, 15) is 31.5 Å². The molecular formula is C8H8F3N3O5S. The van der Waals surface area contributed by atoms with Gasteiger partial charge in [-0.25, -0.2) is 17.9 Å². The average molecular weight is 315 g/mol. The second-order valence-corrected chi connectivity index (χ2v) is 6.40.